The minimum atomic E-state index is -3.78. The third-order valence-electron chi connectivity index (χ3n) is 4.16. The summed E-state index contributed by atoms with van der Waals surface area (Å²) in [6, 6.07) is 5.29. The molecule has 0 heterocycles. The molecule has 0 spiro atoms. The van der Waals surface area contributed by atoms with E-state index in [1.807, 2.05) is 6.07 Å². The lowest BCUT2D eigenvalue weighted by molar-refractivity contribution is -0.140. The van der Waals surface area contributed by atoms with E-state index >= 15 is 0 Å². The summed E-state index contributed by atoms with van der Waals surface area (Å²) in [7, 11) is -3.78. The number of carbonyl (C=O) groups is 2. The van der Waals surface area contributed by atoms with E-state index in [0.29, 0.717) is 5.56 Å². The van der Waals surface area contributed by atoms with Crippen LogP contribution in [0.25, 0.3) is 0 Å². The average molecular weight is 432 g/mol. The molecule has 1 aliphatic carbocycles. The summed E-state index contributed by atoms with van der Waals surface area (Å²) in [5.41, 5.74) is 1.29. The number of ether oxygens (including phenoxy) is 1. The van der Waals surface area contributed by atoms with Crippen LogP contribution in [0.2, 0.25) is 0 Å². The summed E-state index contributed by atoms with van der Waals surface area (Å²) in [5, 5.41) is 0. The number of esters is 1. The third kappa shape index (κ3) is 6.11. The van der Waals surface area contributed by atoms with Crippen molar-refractivity contribution in [3.05, 3.63) is 33.8 Å². The highest BCUT2D eigenvalue weighted by atomic mass is 79.9. The van der Waals surface area contributed by atoms with Crippen LogP contribution in [-0.2, 0) is 19.6 Å². The van der Waals surface area contributed by atoms with E-state index in [0.717, 1.165) is 35.7 Å². The van der Waals surface area contributed by atoms with Crippen molar-refractivity contribution in [3.63, 3.8) is 0 Å². The fourth-order valence-corrected chi connectivity index (χ4v) is 4.40. The van der Waals surface area contributed by atoms with Crippen LogP contribution in [0.1, 0.15) is 60.9 Å². The lowest BCUT2D eigenvalue weighted by atomic mass is 9.93. The lowest BCUT2D eigenvalue weighted by Gasteiger charge is -2.16. The Balaban J connectivity index is 2.06. The van der Waals surface area contributed by atoms with Gasteiger partial charge in [-0.15, -0.1) is 0 Å². The van der Waals surface area contributed by atoms with Gasteiger partial charge in [0, 0.05) is 17.0 Å². The van der Waals surface area contributed by atoms with Gasteiger partial charge < -0.3 is 4.74 Å². The van der Waals surface area contributed by atoms with Gasteiger partial charge in [-0.1, -0.05) is 28.8 Å². The van der Waals surface area contributed by atoms with Gasteiger partial charge in [0.1, 0.15) is 0 Å². The molecule has 6 nitrogen and oxygen atoms in total. The van der Waals surface area contributed by atoms with Crippen molar-refractivity contribution >= 4 is 37.8 Å². The van der Waals surface area contributed by atoms with Crippen molar-refractivity contribution in [1.29, 1.82) is 0 Å². The Bertz CT molecular complexity index is 741. The third-order valence-corrected chi connectivity index (χ3v) is 5.98. The first-order chi connectivity index (χ1) is 11.8. The second-order valence-corrected chi connectivity index (χ2v) is 8.91. The number of nitrogens with one attached hydrogen (secondary N) is 1. The van der Waals surface area contributed by atoms with Crippen LogP contribution in [-0.4, -0.2) is 32.7 Å². The molecule has 0 aromatic heterocycles. The average Bonchev–Trinajstić information content (AvgIpc) is 3.05. The molecule has 138 valence electrons. The van der Waals surface area contributed by atoms with E-state index in [1.54, 1.807) is 12.1 Å². The first kappa shape index (κ1) is 19.9. The van der Waals surface area contributed by atoms with Gasteiger partial charge in [-0.05, 0) is 48.9 Å². The number of sulfonamides is 1. The quantitative estimate of drug-likeness (QED) is 0.528. The fourth-order valence-electron chi connectivity index (χ4n) is 3.03. The van der Waals surface area contributed by atoms with E-state index in [4.69, 9.17) is 4.74 Å². The van der Waals surface area contributed by atoms with Crippen molar-refractivity contribution in [2.75, 3.05) is 12.4 Å². The second-order valence-electron chi connectivity index (χ2n) is 6.16. The zero-order valence-corrected chi connectivity index (χ0v) is 16.5. The Kier molecular flexibility index (Phi) is 7.01. The predicted octanol–water partition coefficient (Wildman–Crippen LogP) is 3.12. The van der Waals surface area contributed by atoms with Crippen LogP contribution in [0.15, 0.2) is 22.7 Å². The molecular weight excluding hydrogens is 410 g/mol. The number of benzene rings is 1. The number of hydrogen-bond donors (Lipinski definition) is 1. The van der Waals surface area contributed by atoms with Crippen molar-refractivity contribution in [3.8, 4) is 0 Å². The maximum Gasteiger partial charge on any atom is 0.302 e. The monoisotopic (exact) mass is 431 g/mol. The van der Waals surface area contributed by atoms with Crippen LogP contribution in [0.3, 0.4) is 0 Å². The van der Waals surface area contributed by atoms with Gasteiger partial charge in [0.25, 0.3) is 5.91 Å². The Morgan fingerprint density at radius 2 is 1.96 bits per heavy atom. The standard InChI is InChI=1S/C17H22BrNO5S/c1-12(20)24-9-4-10-25(22,23)19-17(21)15-8-7-14(18)11-16(15)13-5-2-3-6-13/h7-8,11,13H,2-6,9-10H2,1H3,(H,19,21). The maximum atomic E-state index is 12.5. The van der Waals surface area contributed by atoms with Gasteiger partial charge >= 0.3 is 5.97 Å². The molecule has 1 saturated carbocycles. The molecule has 0 saturated heterocycles. The Morgan fingerprint density at radius 3 is 2.60 bits per heavy atom. The van der Waals surface area contributed by atoms with Crippen LogP contribution in [0.4, 0.5) is 0 Å². The smallest absolute Gasteiger partial charge is 0.302 e. The summed E-state index contributed by atoms with van der Waals surface area (Å²) < 4.78 is 31.9. The molecule has 1 aromatic rings. The molecular formula is C17H22BrNO5S. The summed E-state index contributed by atoms with van der Waals surface area (Å²) in [5.74, 6) is -1.06. The summed E-state index contributed by atoms with van der Waals surface area (Å²) in [6.45, 7) is 1.27. The van der Waals surface area contributed by atoms with Crippen molar-refractivity contribution in [2.24, 2.45) is 0 Å². The summed E-state index contributed by atoms with van der Waals surface area (Å²) >= 11 is 3.42. The summed E-state index contributed by atoms with van der Waals surface area (Å²) in [4.78, 5) is 23.2. The highest BCUT2D eigenvalue weighted by molar-refractivity contribution is 9.10. The number of hydrogen-bond acceptors (Lipinski definition) is 5. The molecule has 1 fully saturated rings. The molecule has 1 aliphatic rings. The normalized spacial score (nSPS) is 15.1. The Labute approximate surface area is 156 Å². The molecule has 1 amide bonds. The molecule has 0 bridgehead atoms. The topological polar surface area (TPSA) is 89.5 Å². The van der Waals surface area contributed by atoms with Crippen LogP contribution in [0, 0.1) is 0 Å². The van der Waals surface area contributed by atoms with Gasteiger partial charge in [0.2, 0.25) is 10.0 Å². The highest BCUT2D eigenvalue weighted by Gasteiger charge is 2.25. The van der Waals surface area contributed by atoms with E-state index < -0.39 is 21.9 Å². The maximum absolute atomic E-state index is 12.5. The predicted molar refractivity (Wildman–Crippen MR) is 97.9 cm³/mol. The van der Waals surface area contributed by atoms with Gasteiger partial charge in [-0.2, -0.15) is 0 Å². The molecule has 8 heteroatoms. The fraction of sp³-hybridized carbons (Fsp3) is 0.529. The minimum absolute atomic E-state index is 0.00996. The first-order valence-electron chi connectivity index (χ1n) is 8.26. The second kappa shape index (κ2) is 8.80. The molecule has 2 rings (SSSR count). The molecule has 1 aromatic carbocycles. The van der Waals surface area contributed by atoms with Gasteiger partial charge in [0.05, 0.1) is 12.4 Å². The lowest BCUT2D eigenvalue weighted by Crippen LogP contribution is -2.33. The number of carbonyl (C=O) groups excluding carboxylic acids is 2. The van der Waals surface area contributed by atoms with Crippen molar-refractivity contribution < 1.29 is 22.7 Å². The summed E-state index contributed by atoms with van der Waals surface area (Å²) in [6.07, 6.45) is 4.38. The van der Waals surface area contributed by atoms with E-state index in [-0.39, 0.29) is 24.7 Å². The van der Waals surface area contributed by atoms with Crippen LogP contribution in [0.5, 0.6) is 0 Å². The minimum Gasteiger partial charge on any atom is -0.466 e. The SMILES string of the molecule is CC(=O)OCCCS(=O)(=O)NC(=O)c1ccc(Br)cc1C1CCCC1. The molecule has 0 aliphatic heterocycles. The van der Waals surface area contributed by atoms with Crippen LogP contribution >= 0.6 is 15.9 Å². The van der Waals surface area contributed by atoms with Crippen LogP contribution < -0.4 is 4.72 Å². The Morgan fingerprint density at radius 1 is 1.28 bits per heavy atom. The molecule has 0 atom stereocenters. The Hall–Kier alpha value is -1.41. The molecule has 1 N–H and O–H groups in total. The largest absolute Gasteiger partial charge is 0.466 e. The zero-order chi connectivity index (χ0) is 18.4. The number of rotatable bonds is 7. The van der Waals surface area contributed by atoms with Crippen molar-refractivity contribution in [1.82, 2.24) is 4.72 Å². The highest BCUT2D eigenvalue weighted by Crippen LogP contribution is 2.37. The number of halogens is 1. The van der Waals surface area contributed by atoms with Gasteiger partial charge in [0.15, 0.2) is 0 Å². The first-order valence-corrected chi connectivity index (χ1v) is 10.7. The zero-order valence-electron chi connectivity index (χ0n) is 14.1. The van der Waals surface area contributed by atoms with E-state index in [1.165, 1.54) is 6.92 Å². The van der Waals surface area contributed by atoms with E-state index in [2.05, 4.69) is 20.7 Å². The van der Waals surface area contributed by atoms with Gasteiger partial charge in [-0.3, -0.25) is 9.59 Å². The number of amides is 1. The molecule has 0 radical (unpaired) electrons. The van der Waals surface area contributed by atoms with Crippen molar-refractivity contribution in [2.45, 2.75) is 44.9 Å². The molecule has 0 unspecified atom stereocenters. The van der Waals surface area contributed by atoms with Gasteiger partial charge in [-0.25, -0.2) is 13.1 Å². The van der Waals surface area contributed by atoms with E-state index in [9.17, 15) is 18.0 Å². The molecule has 25 heavy (non-hydrogen) atoms.